The summed E-state index contributed by atoms with van der Waals surface area (Å²) >= 11 is 0. The molecule has 2 amide bonds. The van der Waals surface area contributed by atoms with E-state index in [1.165, 1.54) is 12.5 Å². The Morgan fingerprint density at radius 2 is 1.90 bits per heavy atom. The van der Waals surface area contributed by atoms with Crippen LogP contribution in [0.3, 0.4) is 0 Å². The molecular weight excluding hydrogens is 256 g/mol. The van der Waals surface area contributed by atoms with Crippen LogP contribution < -0.4 is 10.6 Å². The van der Waals surface area contributed by atoms with Gasteiger partial charge in [0.25, 0.3) is 0 Å². The fraction of sp³-hybridized carbons (Fsp3) is 0.467. The maximum absolute atomic E-state index is 11.6. The summed E-state index contributed by atoms with van der Waals surface area (Å²) in [5, 5.41) is 14.2. The Morgan fingerprint density at radius 3 is 2.45 bits per heavy atom. The maximum Gasteiger partial charge on any atom is 0.329 e. The molecule has 0 radical (unpaired) electrons. The molecule has 5 nitrogen and oxygen atoms in total. The third-order valence-corrected chi connectivity index (χ3v) is 3.34. The van der Waals surface area contributed by atoms with Crippen LogP contribution in [0, 0.1) is 0 Å². The van der Waals surface area contributed by atoms with E-state index in [9.17, 15) is 9.59 Å². The van der Waals surface area contributed by atoms with Gasteiger partial charge in [-0.2, -0.15) is 0 Å². The molecule has 0 aromatic heterocycles. The standard InChI is InChI=1S/C15H22N2O3/c1-3-15(2,13(18)19)17-14(20)16-11-7-10-12-8-5-4-6-9-12/h4-6,8-9H,3,7,10-11H2,1-2H3,(H,18,19)(H2,16,17,20). The minimum atomic E-state index is -1.22. The summed E-state index contributed by atoms with van der Waals surface area (Å²) in [6, 6.07) is 9.57. The second-order valence-corrected chi connectivity index (χ2v) is 4.96. The number of carbonyl (C=O) groups excluding carboxylic acids is 1. The lowest BCUT2D eigenvalue weighted by molar-refractivity contribution is -0.143. The predicted octanol–water partition coefficient (Wildman–Crippen LogP) is 2.17. The number of rotatable bonds is 7. The number of aryl methyl sites for hydroxylation is 1. The van der Waals surface area contributed by atoms with Crippen LogP contribution in [0.15, 0.2) is 30.3 Å². The van der Waals surface area contributed by atoms with Gasteiger partial charge in [-0.25, -0.2) is 9.59 Å². The van der Waals surface area contributed by atoms with Gasteiger partial charge in [0, 0.05) is 6.54 Å². The van der Waals surface area contributed by atoms with Crippen molar-refractivity contribution in [2.24, 2.45) is 0 Å². The van der Waals surface area contributed by atoms with Crippen LogP contribution in [0.5, 0.6) is 0 Å². The number of carboxylic acid groups (broad SMARTS) is 1. The molecular formula is C15H22N2O3. The molecule has 110 valence electrons. The number of aliphatic carboxylic acids is 1. The van der Waals surface area contributed by atoms with Crippen LogP contribution in [0.1, 0.15) is 32.3 Å². The third-order valence-electron chi connectivity index (χ3n) is 3.34. The molecule has 0 fully saturated rings. The van der Waals surface area contributed by atoms with E-state index in [-0.39, 0.29) is 0 Å². The zero-order valence-electron chi connectivity index (χ0n) is 12.0. The van der Waals surface area contributed by atoms with E-state index in [0.717, 1.165) is 12.8 Å². The van der Waals surface area contributed by atoms with Gasteiger partial charge in [-0.1, -0.05) is 37.3 Å². The Labute approximate surface area is 119 Å². The fourth-order valence-electron chi connectivity index (χ4n) is 1.73. The Balaban J connectivity index is 2.28. The minimum Gasteiger partial charge on any atom is -0.480 e. The van der Waals surface area contributed by atoms with Gasteiger partial charge >= 0.3 is 12.0 Å². The zero-order chi connectivity index (χ0) is 15.0. The topological polar surface area (TPSA) is 78.4 Å². The van der Waals surface area contributed by atoms with Crippen molar-refractivity contribution in [2.45, 2.75) is 38.6 Å². The summed E-state index contributed by atoms with van der Waals surface area (Å²) in [7, 11) is 0. The van der Waals surface area contributed by atoms with E-state index in [0.29, 0.717) is 13.0 Å². The van der Waals surface area contributed by atoms with Gasteiger partial charge in [-0.05, 0) is 31.7 Å². The fourth-order valence-corrected chi connectivity index (χ4v) is 1.73. The lowest BCUT2D eigenvalue weighted by Crippen LogP contribution is -2.54. The summed E-state index contributed by atoms with van der Waals surface area (Å²) in [6.45, 7) is 3.74. The van der Waals surface area contributed by atoms with Gasteiger partial charge < -0.3 is 15.7 Å². The molecule has 1 unspecified atom stereocenters. The Morgan fingerprint density at radius 1 is 1.25 bits per heavy atom. The average molecular weight is 278 g/mol. The summed E-state index contributed by atoms with van der Waals surface area (Å²) < 4.78 is 0. The van der Waals surface area contributed by atoms with Crippen molar-refractivity contribution in [3.05, 3.63) is 35.9 Å². The van der Waals surface area contributed by atoms with Gasteiger partial charge in [0.2, 0.25) is 0 Å². The van der Waals surface area contributed by atoms with Gasteiger partial charge in [0.1, 0.15) is 5.54 Å². The number of amides is 2. The van der Waals surface area contributed by atoms with Gasteiger partial charge in [0.15, 0.2) is 0 Å². The van der Waals surface area contributed by atoms with Crippen LogP contribution in [0.4, 0.5) is 4.79 Å². The molecule has 0 aliphatic rings. The minimum absolute atomic E-state index is 0.333. The highest BCUT2D eigenvalue weighted by molar-refractivity contribution is 5.85. The van der Waals surface area contributed by atoms with Crippen molar-refractivity contribution in [3.63, 3.8) is 0 Å². The van der Waals surface area contributed by atoms with Gasteiger partial charge in [-0.3, -0.25) is 0 Å². The molecule has 5 heteroatoms. The zero-order valence-corrected chi connectivity index (χ0v) is 12.0. The van der Waals surface area contributed by atoms with Gasteiger partial charge in [0.05, 0.1) is 0 Å². The number of benzene rings is 1. The lowest BCUT2D eigenvalue weighted by Gasteiger charge is -2.24. The molecule has 20 heavy (non-hydrogen) atoms. The highest BCUT2D eigenvalue weighted by Crippen LogP contribution is 2.08. The summed E-state index contributed by atoms with van der Waals surface area (Å²) in [5.41, 5.74) is 0.00223. The van der Waals surface area contributed by atoms with Crippen molar-refractivity contribution in [1.82, 2.24) is 10.6 Å². The molecule has 3 N–H and O–H groups in total. The Bertz CT molecular complexity index is 448. The first-order valence-corrected chi connectivity index (χ1v) is 6.81. The first-order chi connectivity index (χ1) is 9.48. The summed E-state index contributed by atoms with van der Waals surface area (Å²) in [4.78, 5) is 22.7. The summed E-state index contributed by atoms with van der Waals surface area (Å²) in [5.74, 6) is -1.03. The number of urea groups is 1. The molecule has 0 saturated carbocycles. The second-order valence-electron chi connectivity index (χ2n) is 4.96. The molecule has 0 heterocycles. The quantitative estimate of drug-likeness (QED) is 0.669. The van der Waals surface area contributed by atoms with Crippen LogP contribution in [0.25, 0.3) is 0 Å². The average Bonchev–Trinajstić information content (AvgIpc) is 2.44. The number of carbonyl (C=O) groups is 2. The number of carboxylic acids is 1. The van der Waals surface area contributed by atoms with Crippen LogP contribution in [-0.2, 0) is 11.2 Å². The number of nitrogens with one attached hydrogen (secondary N) is 2. The van der Waals surface area contributed by atoms with E-state index in [1.54, 1.807) is 6.92 Å². The highest BCUT2D eigenvalue weighted by atomic mass is 16.4. The largest absolute Gasteiger partial charge is 0.480 e. The Kier molecular flexibility index (Phi) is 6.03. The van der Waals surface area contributed by atoms with Crippen LogP contribution in [-0.4, -0.2) is 29.2 Å². The third kappa shape index (κ3) is 4.91. The van der Waals surface area contributed by atoms with Crippen LogP contribution >= 0.6 is 0 Å². The van der Waals surface area contributed by atoms with Crippen molar-refractivity contribution >= 4 is 12.0 Å². The molecule has 0 aliphatic heterocycles. The molecule has 1 aromatic rings. The normalized spacial score (nSPS) is 13.3. The molecule has 1 aromatic carbocycles. The highest BCUT2D eigenvalue weighted by Gasteiger charge is 2.32. The molecule has 0 bridgehead atoms. The van der Waals surface area contributed by atoms with E-state index < -0.39 is 17.5 Å². The smallest absolute Gasteiger partial charge is 0.329 e. The molecule has 0 saturated heterocycles. The van der Waals surface area contributed by atoms with E-state index in [4.69, 9.17) is 5.11 Å². The molecule has 0 aliphatic carbocycles. The first kappa shape index (κ1) is 16.0. The van der Waals surface area contributed by atoms with Crippen molar-refractivity contribution in [2.75, 3.05) is 6.54 Å². The van der Waals surface area contributed by atoms with E-state index in [1.807, 2.05) is 30.3 Å². The van der Waals surface area contributed by atoms with Crippen molar-refractivity contribution in [3.8, 4) is 0 Å². The van der Waals surface area contributed by atoms with Crippen molar-refractivity contribution < 1.29 is 14.7 Å². The first-order valence-electron chi connectivity index (χ1n) is 6.81. The van der Waals surface area contributed by atoms with E-state index in [2.05, 4.69) is 10.6 Å². The molecule has 0 spiro atoms. The van der Waals surface area contributed by atoms with Crippen LogP contribution in [0.2, 0.25) is 0 Å². The Hall–Kier alpha value is -2.04. The maximum atomic E-state index is 11.6. The lowest BCUT2D eigenvalue weighted by atomic mass is 10.00. The number of hydrogen-bond acceptors (Lipinski definition) is 2. The SMILES string of the molecule is CCC(C)(NC(=O)NCCCc1ccccc1)C(=O)O. The predicted molar refractivity (Wildman–Crippen MR) is 77.6 cm³/mol. The summed E-state index contributed by atoms with van der Waals surface area (Å²) in [6.07, 6.45) is 2.03. The number of hydrogen-bond donors (Lipinski definition) is 3. The van der Waals surface area contributed by atoms with Crippen molar-refractivity contribution in [1.29, 1.82) is 0 Å². The molecule has 1 atom stereocenters. The second kappa shape index (κ2) is 7.53. The monoisotopic (exact) mass is 278 g/mol. The van der Waals surface area contributed by atoms with Gasteiger partial charge in [-0.15, -0.1) is 0 Å². The molecule has 1 rings (SSSR count). The van der Waals surface area contributed by atoms with E-state index >= 15 is 0 Å².